The fourth-order valence-electron chi connectivity index (χ4n) is 2.55. The molecule has 1 aromatic carbocycles. The molecule has 1 saturated heterocycles. The maximum atomic E-state index is 12.9. The van der Waals surface area contributed by atoms with Crippen LogP contribution in [-0.2, 0) is 16.2 Å². The van der Waals surface area contributed by atoms with Crippen LogP contribution in [0.4, 0.5) is 13.2 Å². The monoisotopic (exact) mass is 336 g/mol. The van der Waals surface area contributed by atoms with Crippen LogP contribution in [0.3, 0.4) is 0 Å². The molecular weight excluding hydrogens is 317 g/mol. The van der Waals surface area contributed by atoms with E-state index in [0.717, 1.165) is 31.5 Å². The first kappa shape index (κ1) is 17.2. The summed E-state index contributed by atoms with van der Waals surface area (Å²) in [5, 5.41) is 3.17. The summed E-state index contributed by atoms with van der Waals surface area (Å²) in [6, 6.07) is 4.22. The van der Waals surface area contributed by atoms with Crippen molar-refractivity contribution in [1.82, 2.24) is 10.0 Å². The van der Waals surface area contributed by atoms with Crippen LogP contribution in [0.2, 0.25) is 0 Å². The molecule has 0 aromatic heterocycles. The predicted octanol–water partition coefficient (Wildman–Crippen LogP) is 2.37. The summed E-state index contributed by atoms with van der Waals surface area (Å²) in [6.07, 6.45) is -2.97. The fourth-order valence-corrected chi connectivity index (χ4v) is 3.98. The van der Waals surface area contributed by atoms with Crippen molar-refractivity contribution >= 4 is 10.0 Å². The third-order valence-electron chi connectivity index (χ3n) is 3.86. The molecule has 124 valence electrons. The number of rotatable bonds is 4. The largest absolute Gasteiger partial charge is 0.417 e. The molecule has 1 aromatic rings. The third-order valence-corrected chi connectivity index (χ3v) is 5.32. The number of piperidine rings is 1. The minimum absolute atomic E-state index is 0.106. The molecule has 1 fully saturated rings. The normalized spacial score (nSPS) is 23.5. The first-order chi connectivity index (χ1) is 10.1. The van der Waals surface area contributed by atoms with Gasteiger partial charge in [0.05, 0.1) is 10.5 Å². The molecular formula is C14H19F3N2O2S. The number of benzene rings is 1. The van der Waals surface area contributed by atoms with Crippen LogP contribution in [0.25, 0.3) is 0 Å². The van der Waals surface area contributed by atoms with Crippen LogP contribution in [0.1, 0.15) is 25.3 Å². The van der Waals surface area contributed by atoms with Gasteiger partial charge in [0.15, 0.2) is 0 Å². The minimum Gasteiger partial charge on any atom is -0.316 e. The number of hydrogen-bond donors (Lipinski definition) is 2. The Hall–Kier alpha value is -1.12. The van der Waals surface area contributed by atoms with E-state index in [1.807, 2.05) is 6.92 Å². The molecule has 4 nitrogen and oxygen atoms in total. The molecule has 2 N–H and O–H groups in total. The maximum Gasteiger partial charge on any atom is 0.417 e. The Morgan fingerprint density at radius 2 is 2.00 bits per heavy atom. The summed E-state index contributed by atoms with van der Waals surface area (Å²) in [5.41, 5.74) is -1.44. The van der Waals surface area contributed by atoms with Crippen molar-refractivity contribution in [2.24, 2.45) is 5.41 Å². The highest BCUT2D eigenvalue weighted by atomic mass is 32.2. The first-order valence-corrected chi connectivity index (χ1v) is 8.49. The zero-order chi connectivity index (χ0) is 16.4. The number of alkyl halides is 3. The Bertz CT molecular complexity index is 623. The van der Waals surface area contributed by atoms with Crippen molar-refractivity contribution in [1.29, 1.82) is 0 Å². The molecule has 1 heterocycles. The van der Waals surface area contributed by atoms with E-state index in [0.29, 0.717) is 6.54 Å². The second kappa shape index (κ2) is 6.17. The summed E-state index contributed by atoms with van der Waals surface area (Å²) >= 11 is 0. The highest BCUT2D eigenvalue weighted by molar-refractivity contribution is 7.89. The van der Waals surface area contributed by atoms with Gasteiger partial charge in [0.2, 0.25) is 10.0 Å². The van der Waals surface area contributed by atoms with Gasteiger partial charge < -0.3 is 5.32 Å². The summed E-state index contributed by atoms with van der Waals surface area (Å²) < 4.78 is 65.7. The lowest BCUT2D eigenvalue weighted by Crippen LogP contribution is -2.45. The van der Waals surface area contributed by atoms with Gasteiger partial charge in [0.25, 0.3) is 0 Å². The number of halogens is 3. The summed E-state index contributed by atoms with van der Waals surface area (Å²) in [5.74, 6) is 0. The van der Waals surface area contributed by atoms with Crippen LogP contribution in [0.15, 0.2) is 29.2 Å². The number of nitrogens with one attached hydrogen (secondary N) is 2. The van der Waals surface area contributed by atoms with Gasteiger partial charge in [-0.3, -0.25) is 0 Å². The van der Waals surface area contributed by atoms with Crippen molar-refractivity contribution in [2.75, 3.05) is 19.6 Å². The van der Waals surface area contributed by atoms with Gasteiger partial charge in [0, 0.05) is 13.1 Å². The Morgan fingerprint density at radius 3 is 2.59 bits per heavy atom. The predicted molar refractivity (Wildman–Crippen MR) is 76.8 cm³/mol. The lowest BCUT2D eigenvalue weighted by atomic mass is 9.83. The van der Waals surface area contributed by atoms with E-state index in [1.165, 1.54) is 12.1 Å². The van der Waals surface area contributed by atoms with Gasteiger partial charge in [-0.25, -0.2) is 13.1 Å². The molecule has 0 bridgehead atoms. The number of hydrogen-bond acceptors (Lipinski definition) is 3. The Balaban J connectivity index is 2.21. The standard InChI is InChI=1S/C14H19F3N2O2S/c1-13(7-4-8-18-9-13)10-19-22(20,21)12-6-3-2-5-11(12)14(15,16)17/h2-3,5-6,18-19H,4,7-10H2,1H3. The molecule has 0 spiro atoms. The lowest BCUT2D eigenvalue weighted by molar-refractivity contribution is -0.139. The molecule has 0 saturated carbocycles. The Morgan fingerprint density at radius 1 is 1.32 bits per heavy atom. The van der Waals surface area contributed by atoms with Gasteiger partial charge in [-0.05, 0) is 36.9 Å². The SMILES string of the molecule is CC1(CNS(=O)(=O)c2ccccc2C(F)(F)F)CCCNC1. The van der Waals surface area contributed by atoms with E-state index in [9.17, 15) is 21.6 Å². The molecule has 1 aliphatic rings. The summed E-state index contributed by atoms with van der Waals surface area (Å²) in [4.78, 5) is -0.727. The van der Waals surface area contributed by atoms with Crippen molar-refractivity contribution in [3.63, 3.8) is 0 Å². The molecule has 0 amide bonds. The minimum atomic E-state index is -4.71. The van der Waals surface area contributed by atoms with E-state index in [2.05, 4.69) is 10.0 Å². The van der Waals surface area contributed by atoms with Crippen molar-refractivity contribution in [2.45, 2.75) is 30.8 Å². The molecule has 22 heavy (non-hydrogen) atoms. The molecule has 0 aliphatic carbocycles. The summed E-state index contributed by atoms with van der Waals surface area (Å²) in [7, 11) is -4.21. The van der Waals surface area contributed by atoms with Crippen LogP contribution >= 0.6 is 0 Å². The molecule has 1 aliphatic heterocycles. The second-order valence-corrected chi connectivity index (χ2v) is 7.64. The molecule has 0 radical (unpaired) electrons. The number of sulfonamides is 1. The zero-order valence-corrected chi connectivity index (χ0v) is 13.0. The van der Waals surface area contributed by atoms with Crippen LogP contribution < -0.4 is 10.0 Å². The van der Waals surface area contributed by atoms with Crippen LogP contribution in [0, 0.1) is 5.41 Å². The van der Waals surface area contributed by atoms with Crippen molar-refractivity contribution < 1.29 is 21.6 Å². The van der Waals surface area contributed by atoms with E-state index in [4.69, 9.17) is 0 Å². The van der Waals surface area contributed by atoms with Gasteiger partial charge in [-0.2, -0.15) is 13.2 Å². The first-order valence-electron chi connectivity index (χ1n) is 7.01. The van der Waals surface area contributed by atoms with Crippen molar-refractivity contribution in [3.05, 3.63) is 29.8 Å². The van der Waals surface area contributed by atoms with E-state index >= 15 is 0 Å². The maximum absolute atomic E-state index is 12.9. The quantitative estimate of drug-likeness (QED) is 0.887. The smallest absolute Gasteiger partial charge is 0.316 e. The average molecular weight is 336 g/mol. The molecule has 2 rings (SSSR count). The Labute approximate surface area is 128 Å². The Kier molecular flexibility index (Phi) is 4.84. The van der Waals surface area contributed by atoms with Gasteiger partial charge in [-0.15, -0.1) is 0 Å². The topological polar surface area (TPSA) is 58.2 Å². The molecule has 1 unspecified atom stereocenters. The van der Waals surface area contributed by atoms with Gasteiger partial charge in [0.1, 0.15) is 0 Å². The highest BCUT2D eigenvalue weighted by Gasteiger charge is 2.37. The second-order valence-electron chi connectivity index (χ2n) is 5.91. The highest BCUT2D eigenvalue weighted by Crippen LogP contribution is 2.34. The average Bonchev–Trinajstić information content (AvgIpc) is 2.45. The van der Waals surface area contributed by atoms with Gasteiger partial charge >= 0.3 is 6.18 Å². The van der Waals surface area contributed by atoms with E-state index < -0.39 is 26.7 Å². The molecule has 1 atom stereocenters. The van der Waals surface area contributed by atoms with Gasteiger partial charge in [-0.1, -0.05) is 19.1 Å². The van der Waals surface area contributed by atoms with E-state index in [-0.39, 0.29) is 12.0 Å². The zero-order valence-electron chi connectivity index (χ0n) is 12.2. The van der Waals surface area contributed by atoms with Crippen LogP contribution in [-0.4, -0.2) is 28.1 Å². The lowest BCUT2D eigenvalue weighted by Gasteiger charge is -2.34. The molecule has 8 heteroatoms. The van der Waals surface area contributed by atoms with E-state index in [1.54, 1.807) is 0 Å². The van der Waals surface area contributed by atoms with Crippen molar-refractivity contribution in [3.8, 4) is 0 Å². The van der Waals surface area contributed by atoms with Crippen LogP contribution in [0.5, 0.6) is 0 Å². The summed E-state index contributed by atoms with van der Waals surface area (Å²) in [6.45, 7) is 3.53. The third kappa shape index (κ3) is 3.99. The fraction of sp³-hybridized carbons (Fsp3) is 0.571.